The number of carbonyl (C=O) groups is 1. The first-order valence-electron chi connectivity index (χ1n) is 6.54. The van der Waals surface area contributed by atoms with Crippen molar-refractivity contribution in [1.82, 2.24) is 19.8 Å². The lowest BCUT2D eigenvalue weighted by atomic mass is 10.2. The summed E-state index contributed by atoms with van der Waals surface area (Å²) >= 11 is 5.88. The molecule has 2 amide bonds. The molecule has 0 bridgehead atoms. The van der Waals surface area contributed by atoms with Gasteiger partial charge < -0.3 is 10.2 Å². The zero-order valence-electron chi connectivity index (χ0n) is 12.0. The van der Waals surface area contributed by atoms with Crippen molar-refractivity contribution in [2.45, 2.75) is 12.4 Å². The van der Waals surface area contributed by atoms with E-state index >= 15 is 0 Å². The minimum Gasteiger partial charge on any atom is -0.336 e. The molecular formula is C14H17ClN4O2. The zero-order chi connectivity index (χ0) is 15.4. The van der Waals surface area contributed by atoms with E-state index in [1.807, 2.05) is 6.07 Å². The van der Waals surface area contributed by atoms with Gasteiger partial charge in [-0.05, 0) is 12.1 Å². The molecule has 0 fully saturated rings. The molecule has 0 atom stereocenters. The van der Waals surface area contributed by atoms with Crippen LogP contribution in [0.5, 0.6) is 0 Å². The average molecular weight is 309 g/mol. The highest BCUT2D eigenvalue weighted by atomic mass is 35.5. The van der Waals surface area contributed by atoms with E-state index in [-0.39, 0.29) is 17.5 Å². The number of aromatic nitrogens is 2. The molecule has 1 heterocycles. The number of nitrogens with zero attached hydrogens (tertiary/aromatic N) is 3. The second-order valence-corrected chi connectivity index (χ2v) is 5.03. The fourth-order valence-corrected chi connectivity index (χ4v) is 2.18. The Balaban J connectivity index is 2.28. The Hall–Kier alpha value is -2.08. The Morgan fingerprint density at radius 2 is 2.10 bits per heavy atom. The van der Waals surface area contributed by atoms with Crippen molar-refractivity contribution in [3.05, 3.63) is 40.4 Å². The number of hydrogen-bond donors (Lipinski definition) is 1. The van der Waals surface area contributed by atoms with Gasteiger partial charge in [-0.2, -0.15) is 0 Å². The molecule has 1 aromatic heterocycles. The summed E-state index contributed by atoms with van der Waals surface area (Å²) in [5.74, 6) is 0.640. The van der Waals surface area contributed by atoms with Crippen LogP contribution in [0.2, 0.25) is 0 Å². The summed E-state index contributed by atoms with van der Waals surface area (Å²) < 4.78 is 1.51. The van der Waals surface area contributed by atoms with Gasteiger partial charge in [0.05, 0.1) is 16.8 Å². The molecular weight excluding hydrogens is 292 g/mol. The standard InChI is InChI=1S/C14H17ClN4O2/c1-18(2)14(21)16-7-8-19-12(9-15)17-11-6-4-3-5-10(11)13(19)20/h3-6H,7-9H2,1-2H3,(H,16,21). The first-order chi connectivity index (χ1) is 10.0. The Bertz CT molecular complexity index is 712. The second-order valence-electron chi connectivity index (χ2n) is 4.76. The first kappa shape index (κ1) is 15.3. The minimum atomic E-state index is -0.204. The smallest absolute Gasteiger partial charge is 0.316 e. The predicted molar refractivity (Wildman–Crippen MR) is 82.6 cm³/mol. The van der Waals surface area contributed by atoms with E-state index in [2.05, 4.69) is 10.3 Å². The Morgan fingerprint density at radius 3 is 2.76 bits per heavy atom. The van der Waals surface area contributed by atoms with Crippen molar-refractivity contribution >= 4 is 28.5 Å². The maximum Gasteiger partial charge on any atom is 0.316 e. The van der Waals surface area contributed by atoms with Gasteiger partial charge >= 0.3 is 6.03 Å². The second kappa shape index (κ2) is 6.58. The van der Waals surface area contributed by atoms with Crippen molar-refractivity contribution in [3.8, 4) is 0 Å². The van der Waals surface area contributed by atoms with Gasteiger partial charge in [0, 0.05) is 27.2 Å². The van der Waals surface area contributed by atoms with E-state index in [4.69, 9.17) is 11.6 Å². The van der Waals surface area contributed by atoms with E-state index in [9.17, 15) is 9.59 Å². The van der Waals surface area contributed by atoms with Gasteiger partial charge in [-0.15, -0.1) is 11.6 Å². The number of halogens is 1. The molecule has 0 spiro atoms. The third-order valence-corrected chi connectivity index (χ3v) is 3.32. The molecule has 112 valence electrons. The number of carbonyl (C=O) groups excluding carboxylic acids is 1. The van der Waals surface area contributed by atoms with Gasteiger partial charge in [-0.3, -0.25) is 9.36 Å². The molecule has 6 nitrogen and oxygen atoms in total. The van der Waals surface area contributed by atoms with Crippen LogP contribution >= 0.6 is 11.6 Å². The molecule has 1 aromatic carbocycles. The Kier molecular flexibility index (Phi) is 4.80. The van der Waals surface area contributed by atoms with Gasteiger partial charge in [-0.25, -0.2) is 9.78 Å². The van der Waals surface area contributed by atoms with E-state index in [1.54, 1.807) is 32.3 Å². The minimum absolute atomic E-state index is 0.141. The largest absolute Gasteiger partial charge is 0.336 e. The summed E-state index contributed by atoms with van der Waals surface area (Å²) in [6.07, 6.45) is 0. The van der Waals surface area contributed by atoms with Crippen LogP contribution < -0.4 is 10.9 Å². The molecule has 2 rings (SSSR count). The van der Waals surface area contributed by atoms with E-state index in [0.29, 0.717) is 29.8 Å². The molecule has 0 aliphatic carbocycles. The van der Waals surface area contributed by atoms with Crippen molar-refractivity contribution < 1.29 is 4.79 Å². The first-order valence-corrected chi connectivity index (χ1v) is 7.07. The Morgan fingerprint density at radius 1 is 1.38 bits per heavy atom. The summed E-state index contributed by atoms with van der Waals surface area (Å²) in [5.41, 5.74) is 0.488. The quantitative estimate of drug-likeness (QED) is 0.868. The molecule has 0 saturated heterocycles. The zero-order valence-corrected chi connectivity index (χ0v) is 12.7. The molecule has 1 N–H and O–H groups in total. The van der Waals surface area contributed by atoms with Crippen LogP contribution in [0.4, 0.5) is 4.79 Å². The molecule has 0 aliphatic heterocycles. The molecule has 0 radical (unpaired) electrons. The summed E-state index contributed by atoms with van der Waals surface area (Å²) in [7, 11) is 3.31. The van der Waals surface area contributed by atoms with Crippen molar-refractivity contribution in [2.75, 3.05) is 20.6 Å². The van der Waals surface area contributed by atoms with Gasteiger partial charge in [0.2, 0.25) is 0 Å². The van der Waals surface area contributed by atoms with E-state index < -0.39 is 0 Å². The van der Waals surface area contributed by atoms with Crippen LogP contribution in [0.15, 0.2) is 29.1 Å². The highest BCUT2D eigenvalue weighted by Crippen LogP contribution is 2.09. The van der Waals surface area contributed by atoms with Gasteiger partial charge in [-0.1, -0.05) is 12.1 Å². The molecule has 2 aromatic rings. The number of rotatable bonds is 4. The third kappa shape index (κ3) is 3.33. The number of urea groups is 1. The lowest BCUT2D eigenvalue weighted by molar-refractivity contribution is 0.217. The number of nitrogens with one attached hydrogen (secondary N) is 1. The maximum atomic E-state index is 12.5. The van der Waals surface area contributed by atoms with Crippen LogP contribution in [0, 0.1) is 0 Å². The topological polar surface area (TPSA) is 67.2 Å². The molecule has 0 saturated carbocycles. The number of para-hydroxylation sites is 1. The summed E-state index contributed by atoms with van der Waals surface area (Å²) in [4.78, 5) is 29.8. The SMILES string of the molecule is CN(C)C(=O)NCCn1c(CCl)nc2ccccc2c1=O. The highest BCUT2D eigenvalue weighted by Gasteiger charge is 2.10. The third-order valence-electron chi connectivity index (χ3n) is 3.08. The maximum absolute atomic E-state index is 12.5. The van der Waals surface area contributed by atoms with Crippen LogP contribution in [-0.2, 0) is 12.4 Å². The van der Waals surface area contributed by atoms with Crippen molar-refractivity contribution in [3.63, 3.8) is 0 Å². The molecule has 0 unspecified atom stereocenters. The highest BCUT2D eigenvalue weighted by molar-refractivity contribution is 6.16. The lowest BCUT2D eigenvalue weighted by Crippen LogP contribution is -2.38. The normalized spacial score (nSPS) is 10.6. The fourth-order valence-electron chi connectivity index (χ4n) is 1.98. The van der Waals surface area contributed by atoms with Gasteiger partial charge in [0.15, 0.2) is 0 Å². The van der Waals surface area contributed by atoms with Gasteiger partial charge in [0.1, 0.15) is 5.82 Å². The fraction of sp³-hybridized carbons (Fsp3) is 0.357. The Labute approximate surface area is 127 Å². The average Bonchev–Trinajstić information content (AvgIpc) is 2.48. The van der Waals surface area contributed by atoms with Crippen LogP contribution in [0.25, 0.3) is 10.9 Å². The van der Waals surface area contributed by atoms with Crippen LogP contribution in [-0.4, -0.2) is 41.1 Å². The summed E-state index contributed by atoms with van der Waals surface area (Å²) in [5, 5.41) is 3.26. The number of fused-ring (bicyclic) bond motifs is 1. The van der Waals surface area contributed by atoms with E-state index in [0.717, 1.165) is 0 Å². The van der Waals surface area contributed by atoms with Crippen molar-refractivity contribution in [2.24, 2.45) is 0 Å². The molecule has 21 heavy (non-hydrogen) atoms. The van der Waals surface area contributed by atoms with Crippen molar-refractivity contribution in [1.29, 1.82) is 0 Å². The monoisotopic (exact) mass is 308 g/mol. The number of alkyl halides is 1. The molecule has 0 aliphatic rings. The van der Waals surface area contributed by atoms with Crippen LogP contribution in [0.1, 0.15) is 5.82 Å². The number of amides is 2. The van der Waals surface area contributed by atoms with E-state index in [1.165, 1.54) is 9.47 Å². The van der Waals surface area contributed by atoms with Gasteiger partial charge in [0.25, 0.3) is 5.56 Å². The summed E-state index contributed by atoms with van der Waals surface area (Å²) in [6.45, 7) is 0.666. The predicted octanol–water partition coefficient (Wildman–Crippen LogP) is 1.41. The van der Waals surface area contributed by atoms with Crippen LogP contribution in [0.3, 0.4) is 0 Å². The lowest BCUT2D eigenvalue weighted by Gasteiger charge is -2.14. The number of hydrogen-bond acceptors (Lipinski definition) is 3. The molecule has 7 heteroatoms. The number of benzene rings is 1. The summed E-state index contributed by atoms with van der Waals surface area (Å²) in [6, 6.07) is 6.94.